The first-order valence-corrected chi connectivity index (χ1v) is 7.89. The molecule has 1 heterocycles. The van der Waals surface area contributed by atoms with Gasteiger partial charge in [0.1, 0.15) is 5.75 Å². The third kappa shape index (κ3) is 4.38. The smallest absolute Gasteiger partial charge is 0.320 e. The van der Waals surface area contributed by atoms with Gasteiger partial charge in [-0.15, -0.1) is 0 Å². The van der Waals surface area contributed by atoms with Crippen molar-refractivity contribution in [1.82, 2.24) is 10.2 Å². The van der Waals surface area contributed by atoms with Crippen LogP contribution in [0.1, 0.15) is 51.5 Å². The lowest BCUT2D eigenvalue weighted by Crippen LogP contribution is -2.47. The quantitative estimate of drug-likeness (QED) is 0.858. The molecule has 21 heavy (non-hydrogen) atoms. The van der Waals surface area contributed by atoms with Crippen LogP contribution in [0.25, 0.3) is 0 Å². The van der Waals surface area contributed by atoms with Crippen LogP contribution in [0.2, 0.25) is 0 Å². The average molecular weight is 290 g/mol. The van der Waals surface area contributed by atoms with Crippen LogP contribution < -0.4 is 10.1 Å². The van der Waals surface area contributed by atoms with Crippen LogP contribution in [0.4, 0.5) is 4.79 Å². The van der Waals surface area contributed by atoms with E-state index in [1.807, 2.05) is 30.0 Å². The zero-order valence-corrected chi connectivity index (χ0v) is 13.3. The Labute approximate surface area is 127 Å². The average Bonchev–Trinajstić information content (AvgIpc) is 2.48. The van der Waals surface area contributed by atoms with Crippen molar-refractivity contribution in [1.29, 1.82) is 0 Å². The van der Waals surface area contributed by atoms with Gasteiger partial charge in [0.25, 0.3) is 0 Å². The number of nitrogens with one attached hydrogen (secondary N) is 1. The maximum atomic E-state index is 12.2. The van der Waals surface area contributed by atoms with Crippen LogP contribution in [-0.2, 0) is 0 Å². The molecule has 1 unspecified atom stereocenters. The van der Waals surface area contributed by atoms with Gasteiger partial charge in [-0.1, -0.05) is 32.0 Å². The summed E-state index contributed by atoms with van der Waals surface area (Å²) in [6, 6.07) is 7.97. The van der Waals surface area contributed by atoms with Crippen molar-refractivity contribution < 1.29 is 9.53 Å². The highest BCUT2D eigenvalue weighted by atomic mass is 16.5. The predicted molar refractivity (Wildman–Crippen MR) is 84.6 cm³/mol. The van der Waals surface area contributed by atoms with E-state index in [-0.39, 0.29) is 12.3 Å². The summed E-state index contributed by atoms with van der Waals surface area (Å²) in [6.45, 7) is 7.85. The van der Waals surface area contributed by atoms with Crippen LogP contribution in [0.5, 0.6) is 5.75 Å². The Morgan fingerprint density at radius 3 is 2.48 bits per heavy atom. The van der Waals surface area contributed by atoms with Crippen molar-refractivity contribution in [2.75, 3.05) is 13.1 Å². The second-order valence-corrected chi connectivity index (χ2v) is 5.95. The number of benzene rings is 1. The van der Waals surface area contributed by atoms with E-state index in [9.17, 15) is 4.79 Å². The number of carbonyl (C=O) groups is 1. The summed E-state index contributed by atoms with van der Waals surface area (Å²) in [5.74, 6) is 1.24. The Hall–Kier alpha value is -1.71. The van der Waals surface area contributed by atoms with Gasteiger partial charge in [-0.05, 0) is 43.7 Å². The lowest BCUT2D eigenvalue weighted by atomic mass is 10.0. The largest absolute Gasteiger partial charge is 0.471 e. The van der Waals surface area contributed by atoms with Gasteiger partial charge in [-0.25, -0.2) is 4.79 Å². The van der Waals surface area contributed by atoms with Crippen molar-refractivity contribution >= 4 is 6.03 Å². The summed E-state index contributed by atoms with van der Waals surface area (Å²) >= 11 is 0. The number of rotatable bonds is 4. The van der Waals surface area contributed by atoms with Gasteiger partial charge in [-0.2, -0.15) is 0 Å². The molecule has 1 aromatic carbocycles. The fourth-order valence-electron chi connectivity index (χ4n) is 2.65. The first-order valence-electron chi connectivity index (χ1n) is 7.89. The van der Waals surface area contributed by atoms with Gasteiger partial charge < -0.3 is 15.0 Å². The van der Waals surface area contributed by atoms with E-state index in [4.69, 9.17) is 4.74 Å². The molecule has 2 rings (SSSR count). The number of piperidine rings is 1. The Bertz CT molecular complexity index is 468. The molecule has 0 saturated carbocycles. The van der Waals surface area contributed by atoms with Crippen molar-refractivity contribution in [3.8, 4) is 5.75 Å². The van der Waals surface area contributed by atoms with E-state index in [1.165, 1.54) is 6.42 Å². The second kappa shape index (κ2) is 7.34. The molecule has 4 nitrogen and oxygen atoms in total. The lowest BCUT2D eigenvalue weighted by Gasteiger charge is -2.28. The van der Waals surface area contributed by atoms with E-state index in [1.54, 1.807) is 0 Å². The van der Waals surface area contributed by atoms with E-state index in [0.717, 1.165) is 37.2 Å². The molecule has 1 fully saturated rings. The number of carbonyl (C=O) groups excluding carboxylic acids is 1. The molecule has 1 N–H and O–H groups in total. The number of para-hydroxylation sites is 1. The molecular weight excluding hydrogens is 264 g/mol. The zero-order valence-electron chi connectivity index (χ0n) is 13.3. The molecule has 1 saturated heterocycles. The Kier molecular flexibility index (Phi) is 5.48. The van der Waals surface area contributed by atoms with Crippen LogP contribution in [0, 0.1) is 0 Å². The van der Waals surface area contributed by atoms with Crippen molar-refractivity contribution in [3.05, 3.63) is 29.8 Å². The van der Waals surface area contributed by atoms with E-state index in [2.05, 4.69) is 25.2 Å². The fourth-order valence-corrected chi connectivity index (χ4v) is 2.65. The third-order valence-corrected chi connectivity index (χ3v) is 3.81. The molecule has 4 heteroatoms. The van der Waals surface area contributed by atoms with Crippen LogP contribution in [-0.4, -0.2) is 30.2 Å². The van der Waals surface area contributed by atoms with E-state index >= 15 is 0 Å². The van der Waals surface area contributed by atoms with Crippen LogP contribution >= 0.6 is 0 Å². The minimum absolute atomic E-state index is 0.0239. The molecule has 1 aromatic rings. The fraction of sp³-hybridized carbons (Fsp3) is 0.588. The van der Waals surface area contributed by atoms with E-state index in [0.29, 0.717) is 5.92 Å². The molecule has 1 aliphatic heterocycles. The Balaban J connectivity index is 1.92. The lowest BCUT2D eigenvalue weighted by molar-refractivity contribution is 0.146. The van der Waals surface area contributed by atoms with E-state index < -0.39 is 0 Å². The first-order chi connectivity index (χ1) is 10.1. The van der Waals surface area contributed by atoms with Gasteiger partial charge in [0.15, 0.2) is 6.23 Å². The summed E-state index contributed by atoms with van der Waals surface area (Å²) in [5.41, 5.74) is 1.16. The zero-order chi connectivity index (χ0) is 15.2. The highest BCUT2D eigenvalue weighted by Gasteiger charge is 2.19. The molecule has 116 valence electrons. The minimum Gasteiger partial charge on any atom is -0.471 e. The van der Waals surface area contributed by atoms with Gasteiger partial charge >= 0.3 is 6.03 Å². The summed E-state index contributed by atoms with van der Waals surface area (Å²) in [7, 11) is 0. The minimum atomic E-state index is -0.334. The number of likely N-dealkylation sites (tertiary alicyclic amines) is 1. The number of urea groups is 1. The molecule has 0 aromatic heterocycles. The number of nitrogens with zero attached hydrogens (tertiary/aromatic N) is 1. The summed E-state index contributed by atoms with van der Waals surface area (Å²) in [4.78, 5) is 14.0. The van der Waals surface area contributed by atoms with Crippen molar-refractivity contribution in [2.24, 2.45) is 0 Å². The molecule has 0 aliphatic carbocycles. The topological polar surface area (TPSA) is 41.6 Å². The predicted octanol–water partition coefficient (Wildman–Crippen LogP) is 3.73. The molecular formula is C17H26N2O2. The van der Waals surface area contributed by atoms with Crippen molar-refractivity contribution in [2.45, 2.75) is 52.2 Å². The number of ether oxygens (including phenoxy) is 1. The van der Waals surface area contributed by atoms with Gasteiger partial charge in [0.05, 0.1) is 0 Å². The molecule has 0 radical (unpaired) electrons. The van der Waals surface area contributed by atoms with Gasteiger partial charge in [0, 0.05) is 13.1 Å². The summed E-state index contributed by atoms with van der Waals surface area (Å²) in [6.07, 6.45) is 3.08. The van der Waals surface area contributed by atoms with Gasteiger partial charge in [0.2, 0.25) is 0 Å². The SMILES string of the molecule is CC(NC(=O)N1CCCCC1)Oc1ccccc1C(C)C. The Morgan fingerprint density at radius 2 is 1.81 bits per heavy atom. The highest BCUT2D eigenvalue weighted by molar-refractivity contribution is 5.74. The third-order valence-electron chi connectivity index (χ3n) is 3.81. The maximum Gasteiger partial charge on any atom is 0.320 e. The molecule has 0 bridgehead atoms. The van der Waals surface area contributed by atoms with Crippen LogP contribution in [0.3, 0.4) is 0 Å². The van der Waals surface area contributed by atoms with Crippen molar-refractivity contribution in [3.63, 3.8) is 0 Å². The molecule has 0 spiro atoms. The van der Waals surface area contributed by atoms with Crippen LogP contribution in [0.15, 0.2) is 24.3 Å². The van der Waals surface area contributed by atoms with Gasteiger partial charge in [-0.3, -0.25) is 0 Å². The second-order valence-electron chi connectivity index (χ2n) is 5.95. The summed E-state index contributed by atoms with van der Waals surface area (Å²) < 4.78 is 5.91. The first kappa shape index (κ1) is 15.7. The standard InChI is InChI=1S/C17H26N2O2/c1-13(2)15-9-5-6-10-16(15)21-14(3)18-17(20)19-11-7-4-8-12-19/h5-6,9-10,13-14H,4,7-8,11-12H2,1-3H3,(H,18,20). The molecule has 1 aliphatic rings. The number of amides is 2. The summed E-state index contributed by atoms with van der Waals surface area (Å²) in [5, 5.41) is 2.93. The number of hydrogen-bond acceptors (Lipinski definition) is 2. The molecule has 1 atom stereocenters. The Morgan fingerprint density at radius 1 is 1.14 bits per heavy atom. The normalized spacial score (nSPS) is 16.7. The maximum absolute atomic E-state index is 12.2. The number of hydrogen-bond donors (Lipinski definition) is 1. The highest BCUT2D eigenvalue weighted by Crippen LogP contribution is 2.26. The monoisotopic (exact) mass is 290 g/mol. The molecule has 2 amide bonds.